The van der Waals surface area contributed by atoms with Gasteiger partial charge in [0.05, 0.1) is 25.5 Å². The van der Waals surface area contributed by atoms with Crippen LogP contribution in [-0.4, -0.2) is 59.8 Å². The monoisotopic (exact) mass is 398 g/mol. The van der Waals surface area contributed by atoms with Gasteiger partial charge in [0.1, 0.15) is 5.75 Å². The summed E-state index contributed by atoms with van der Waals surface area (Å²) in [5.74, 6) is 0.639. The normalized spacial score (nSPS) is 16.4. The van der Waals surface area contributed by atoms with Crippen molar-refractivity contribution >= 4 is 11.8 Å². The summed E-state index contributed by atoms with van der Waals surface area (Å²) < 4.78 is 10.7. The molecule has 0 spiro atoms. The molecule has 2 aromatic rings. The number of H-pyrrole nitrogens is 1. The highest BCUT2D eigenvalue weighted by Crippen LogP contribution is 2.27. The predicted molar refractivity (Wildman–Crippen MR) is 106 cm³/mol. The lowest BCUT2D eigenvalue weighted by molar-refractivity contribution is 0.0732. The number of nitrogens with zero attached hydrogens (tertiary/aromatic N) is 2. The van der Waals surface area contributed by atoms with Gasteiger partial charge in [-0.2, -0.15) is 5.10 Å². The van der Waals surface area contributed by atoms with Crippen LogP contribution in [0.5, 0.6) is 5.75 Å². The van der Waals surface area contributed by atoms with E-state index < -0.39 is 0 Å². The van der Waals surface area contributed by atoms with Gasteiger partial charge in [-0.3, -0.25) is 14.7 Å². The van der Waals surface area contributed by atoms with Crippen molar-refractivity contribution in [2.75, 3.05) is 26.9 Å². The molecule has 8 nitrogen and oxygen atoms in total. The van der Waals surface area contributed by atoms with Gasteiger partial charge in [0.15, 0.2) is 5.69 Å². The summed E-state index contributed by atoms with van der Waals surface area (Å²) in [4.78, 5) is 27.3. The molecule has 3 heterocycles. The molecule has 0 radical (unpaired) electrons. The molecule has 2 amide bonds. The van der Waals surface area contributed by atoms with Crippen molar-refractivity contribution in [1.82, 2.24) is 20.4 Å². The molecule has 0 saturated carbocycles. The fraction of sp³-hybridized carbons (Fsp3) is 0.476. The van der Waals surface area contributed by atoms with Crippen LogP contribution in [-0.2, 0) is 24.1 Å². The summed E-state index contributed by atoms with van der Waals surface area (Å²) in [5, 5.41) is 10.0. The van der Waals surface area contributed by atoms with Crippen molar-refractivity contribution in [3.8, 4) is 5.75 Å². The molecule has 2 aliphatic heterocycles. The Balaban J connectivity index is 1.46. The first-order valence-electron chi connectivity index (χ1n) is 9.97. The first-order chi connectivity index (χ1) is 14.1. The van der Waals surface area contributed by atoms with Gasteiger partial charge in [0.25, 0.3) is 11.8 Å². The molecule has 2 N–H and O–H groups in total. The molecule has 0 aliphatic carbocycles. The summed E-state index contributed by atoms with van der Waals surface area (Å²) in [6.45, 7) is 4.01. The first-order valence-corrected chi connectivity index (χ1v) is 9.97. The molecule has 8 heteroatoms. The summed E-state index contributed by atoms with van der Waals surface area (Å²) >= 11 is 0. The lowest BCUT2D eigenvalue weighted by Gasteiger charge is -2.27. The number of rotatable bonds is 5. The Kier molecular flexibility index (Phi) is 5.53. The van der Waals surface area contributed by atoms with Crippen molar-refractivity contribution in [2.24, 2.45) is 0 Å². The SMILES string of the molecule is COC[C@H](C)NC(=O)c1n[nH]c2c1CCN(C(=O)c1ccc3c(c1)CCCO3)C2. The Morgan fingerprint density at radius 1 is 1.38 bits per heavy atom. The fourth-order valence-corrected chi connectivity index (χ4v) is 3.94. The number of aromatic amines is 1. The number of benzene rings is 1. The number of carbonyl (C=O) groups is 2. The Labute approximate surface area is 169 Å². The number of nitrogens with one attached hydrogen (secondary N) is 2. The number of aryl methyl sites for hydroxylation is 1. The Hall–Kier alpha value is -2.87. The second kappa shape index (κ2) is 8.24. The van der Waals surface area contributed by atoms with Crippen molar-refractivity contribution in [3.05, 3.63) is 46.3 Å². The summed E-state index contributed by atoms with van der Waals surface area (Å²) in [6.07, 6.45) is 2.49. The van der Waals surface area contributed by atoms with E-state index in [0.717, 1.165) is 42.0 Å². The first kappa shape index (κ1) is 19.4. The topological polar surface area (TPSA) is 96.5 Å². The van der Waals surface area contributed by atoms with Gasteiger partial charge in [-0.1, -0.05) is 0 Å². The molecular weight excluding hydrogens is 372 g/mol. The smallest absolute Gasteiger partial charge is 0.272 e. The zero-order valence-corrected chi connectivity index (χ0v) is 16.8. The predicted octanol–water partition coefficient (Wildman–Crippen LogP) is 1.70. The Morgan fingerprint density at radius 3 is 3.07 bits per heavy atom. The summed E-state index contributed by atoms with van der Waals surface area (Å²) in [5.41, 5.74) is 3.86. The van der Waals surface area contributed by atoms with Crippen LogP contribution in [0.15, 0.2) is 18.2 Å². The van der Waals surface area contributed by atoms with Crippen LogP contribution in [0.3, 0.4) is 0 Å². The molecule has 154 valence electrons. The maximum Gasteiger partial charge on any atom is 0.272 e. The van der Waals surface area contributed by atoms with Gasteiger partial charge >= 0.3 is 0 Å². The van der Waals surface area contributed by atoms with Crippen LogP contribution in [0.4, 0.5) is 0 Å². The minimum absolute atomic E-state index is 0.0154. The van der Waals surface area contributed by atoms with E-state index in [1.54, 1.807) is 12.0 Å². The number of carbonyl (C=O) groups excluding carboxylic acids is 2. The number of ether oxygens (including phenoxy) is 2. The minimum atomic E-state index is -0.221. The third-order valence-corrected chi connectivity index (χ3v) is 5.39. The molecule has 1 atom stereocenters. The third kappa shape index (κ3) is 3.98. The molecular formula is C21H26N4O4. The molecule has 0 bridgehead atoms. The van der Waals surface area contributed by atoms with Crippen LogP contribution in [0.2, 0.25) is 0 Å². The van der Waals surface area contributed by atoms with E-state index in [4.69, 9.17) is 9.47 Å². The lowest BCUT2D eigenvalue weighted by atomic mass is 10.0. The van der Waals surface area contributed by atoms with Crippen molar-refractivity contribution in [1.29, 1.82) is 0 Å². The lowest BCUT2D eigenvalue weighted by Crippen LogP contribution is -2.38. The number of aromatic nitrogens is 2. The van der Waals surface area contributed by atoms with E-state index in [1.165, 1.54) is 0 Å². The summed E-state index contributed by atoms with van der Waals surface area (Å²) in [7, 11) is 1.60. The van der Waals surface area contributed by atoms with Crippen LogP contribution >= 0.6 is 0 Å². The number of hydrogen-bond acceptors (Lipinski definition) is 5. The van der Waals surface area contributed by atoms with Crippen LogP contribution in [0, 0.1) is 0 Å². The molecule has 2 aliphatic rings. The number of methoxy groups -OCH3 is 1. The van der Waals surface area contributed by atoms with Gasteiger partial charge < -0.3 is 19.7 Å². The summed E-state index contributed by atoms with van der Waals surface area (Å²) in [6, 6.07) is 5.55. The highest BCUT2D eigenvalue weighted by Gasteiger charge is 2.28. The highest BCUT2D eigenvalue weighted by atomic mass is 16.5. The van der Waals surface area contributed by atoms with E-state index in [9.17, 15) is 9.59 Å². The number of amides is 2. The average molecular weight is 398 g/mol. The van der Waals surface area contributed by atoms with E-state index in [0.29, 0.717) is 37.4 Å². The second-order valence-electron chi connectivity index (χ2n) is 7.61. The number of fused-ring (bicyclic) bond motifs is 2. The van der Waals surface area contributed by atoms with E-state index in [1.807, 2.05) is 25.1 Å². The second-order valence-corrected chi connectivity index (χ2v) is 7.61. The van der Waals surface area contributed by atoms with Gasteiger partial charge in [0, 0.05) is 30.8 Å². The van der Waals surface area contributed by atoms with E-state index in [-0.39, 0.29) is 17.9 Å². The zero-order valence-electron chi connectivity index (χ0n) is 16.8. The van der Waals surface area contributed by atoms with Gasteiger partial charge in [-0.25, -0.2) is 0 Å². The molecule has 0 unspecified atom stereocenters. The van der Waals surface area contributed by atoms with Crippen molar-refractivity contribution < 1.29 is 19.1 Å². The fourth-order valence-electron chi connectivity index (χ4n) is 3.94. The molecule has 4 rings (SSSR count). The maximum atomic E-state index is 13.0. The zero-order chi connectivity index (χ0) is 20.4. The van der Waals surface area contributed by atoms with E-state index in [2.05, 4.69) is 15.5 Å². The molecule has 1 aromatic heterocycles. The van der Waals surface area contributed by atoms with Crippen molar-refractivity contribution in [3.63, 3.8) is 0 Å². The van der Waals surface area contributed by atoms with Gasteiger partial charge in [0.2, 0.25) is 0 Å². The largest absolute Gasteiger partial charge is 0.493 e. The quantitative estimate of drug-likeness (QED) is 0.799. The van der Waals surface area contributed by atoms with Crippen LogP contribution in [0.25, 0.3) is 0 Å². The van der Waals surface area contributed by atoms with Crippen molar-refractivity contribution in [2.45, 2.75) is 38.8 Å². The molecule has 1 aromatic carbocycles. The van der Waals surface area contributed by atoms with Crippen LogP contribution in [0.1, 0.15) is 51.0 Å². The van der Waals surface area contributed by atoms with E-state index >= 15 is 0 Å². The molecule has 29 heavy (non-hydrogen) atoms. The van der Waals surface area contributed by atoms with Gasteiger partial charge in [-0.05, 0) is 49.9 Å². The Morgan fingerprint density at radius 2 is 2.24 bits per heavy atom. The number of hydrogen-bond donors (Lipinski definition) is 2. The molecule has 0 saturated heterocycles. The highest BCUT2D eigenvalue weighted by molar-refractivity contribution is 5.96. The minimum Gasteiger partial charge on any atom is -0.493 e. The van der Waals surface area contributed by atoms with Crippen LogP contribution < -0.4 is 10.1 Å². The molecule has 0 fully saturated rings. The third-order valence-electron chi connectivity index (χ3n) is 5.39. The van der Waals surface area contributed by atoms with Gasteiger partial charge in [-0.15, -0.1) is 0 Å². The average Bonchev–Trinajstić information content (AvgIpc) is 3.16. The Bertz CT molecular complexity index is 923. The maximum absolute atomic E-state index is 13.0. The standard InChI is InChI=1S/C21H26N4O4/c1-13(12-28-2)22-20(26)19-16-7-8-25(11-17(16)23-24-19)21(27)15-5-6-18-14(10-15)4-3-9-29-18/h5-6,10,13H,3-4,7-9,11-12H2,1-2H3,(H,22,26)(H,23,24)/t13-/m0/s1.